The van der Waals surface area contributed by atoms with Crippen LogP contribution in [0.25, 0.3) is 21.3 Å². The van der Waals surface area contributed by atoms with Gasteiger partial charge in [-0.3, -0.25) is 9.59 Å². The fourth-order valence-corrected chi connectivity index (χ4v) is 9.37. The number of morpholine rings is 1. The van der Waals surface area contributed by atoms with Gasteiger partial charge in [-0.2, -0.15) is 0 Å². The first-order valence-electron chi connectivity index (χ1n) is 16.1. The molecule has 1 atom stereocenters. The van der Waals surface area contributed by atoms with E-state index in [4.69, 9.17) is 14.1 Å². The van der Waals surface area contributed by atoms with E-state index >= 15 is 0 Å². The highest BCUT2D eigenvalue weighted by atomic mass is 32.2. The van der Waals surface area contributed by atoms with E-state index in [9.17, 15) is 18.0 Å². The number of fused-ring (bicyclic) bond motifs is 1. The van der Waals surface area contributed by atoms with Crippen molar-refractivity contribution < 1.29 is 27.2 Å². The van der Waals surface area contributed by atoms with Crippen LogP contribution in [0.4, 0.5) is 0 Å². The molecule has 2 aromatic heterocycles. The molecule has 3 aromatic carbocycles. The smallest absolute Gasteiger partial charge is 0.254 e. The molecule has 1 N–H and O–H groups in total. The molecule has 5 aromatic rings. The molecule has 248 valence electrons. The summed E-state index contributed by atoms with van der Waals surface area (Å²) in [6.07, 6.45) is 3.93. The van der Waals surface area contributed by atoms with Gasteiger partial charge in [0, 0.05) is 24.7 Å². The summed E-state index contributed by atoms with van der Waals surface area (Å²) < 4.78 is 40.1. The quantitative estimate of drug-likeness (QED) is 0.212. The summed E-state index contributed by atoms with van der Waals surface area (Å²) in [5, 5.41) is 10.2. The van der Waals surface area contributed by atoms with Gasteiger partial charge in [-0.05, 0) is 53.8 Å². The highest BCUT2D eigenvalue weighted by molar-refractivity contribution is 7.91. The van der Waals surface area contributed by atoms with Crippen LogP contribution in [0, 0.1) is 0 Å². The van der Waals surface area contributed by atoms with Gasteiger partial charge in [-0.1, -0.05) is 61.4 Å². The van der Waals surface area contributed by atoms with Crippen molar-refractivity contribution in [3.63, 3.8) is 0 Å². The molecule has 3 heterocycles. The van der Waals surface area contributed by atoms with Crippen molar-refractivity contribution in [3.8, 4) is 11.1 Å². The number of carbonyl (C=O) groups excluding carboxylic acids is 2. The van der Waals surface area contributed by atoms with Gasteiger partial charge in [-0.15, -0.1) is 21.5 Å². The Morgan fingerprint density at radius 2 is 1.67 bits per heavy atom. The lowest BCUT2D eigenvalue weighted by Gasteiger charge is -2.26. The molecule has 2 fully saturated rings. The zero-order valence-electron chi connectivity index (χ0n) is 26.2. The second-order valence-electron chi connectivity index (χ2n) is 12.1. The summed E-state index contributed by atoms with van der Waals surface area (Å²) in [7, 11) is -3.94. The van der Waals surface area contributed by atoms with Gasteiger partial charge in [0.2, 0.25) is 17.7 Å². The minimum absolute atomic E-state index is 0.0196. The average molecular weight is 686 g/mol. The number of benzene rings is 3. The predicted molar refractivity (Wildman–Crippen MR) is 181 cm³/mol. The fourth-order valence-electron chi connectivity index (χ4n) is 6.22. The van der Waals surface area contributed by atoms with Crippen molar-refractivity contribution in [3.05, 3.63) is 101 Å². The Bertz CT molecular complexity index is 2020. The molecule has 1 saturated carbocycles. The van der Waals surface area contributed by atoms with Crippen LogP contribution in [-0.2, 0) is 31.5 Å². The minimum Gasteiger partial charge on any atom is -0.423 e. The third kappa shape index (κ3) is 7.18. The summed E-state index contributed by atoms with van der Waals surface area (Å²) in [5.41, 5.74) is 3.69. The number of carbonyl (C=O) groups is 2. The number of aromatic nitrogens is 3. The zero-order chi connectivity index (χ0) is 33.1. The molecule has 7 rings (SSSR count). The molecule has 2 amide bonds. The highest BCUT2D eigenvalue weighted by Gasteiger charge is 2.37. The SMILES string of the molecule is O=C(Cc1nnc(C(c2nc3ccc(-c4ccc(C(=O)N5CCOCC5)cc4)cc3s2)S(=O)(=O)Cc2ccccc2)o1)NC1CCCC1. The van der Waals surface area contributed by atoms with Crippen LogP contribution < -0.4 is 5.32 Å². The van der Waals surface area contributed by atoms with Gasteiger partial charge in [0.1, 0.15) is 11.4 Å². The minimum atomic E-state index is -3.94. The average Bonchev–Trinajstić information content (AvgIpc) is 3.87. The Balaban J connectivity index is 1.16. The molecule has 11 nitrogen and oxygen atoms in total. The molecule has 13 heteroatoms. The number of nitrogens with one attached hydrogen (secondary N) is 1. The van der Waals surface area contributed by atoms with Crippen LogP contribution >= 0.6 is 11.3 Å². The van der Waals surface area contributed by atoms with Gasteiger partial charge in [0.15, 0.2) is 15.1 Å². The molecule has 0 radical (unpaired) electrons. The first-order valence-corrected chi connectivity index (χ1v) is 18.6. The standard InChI is InChI=1S/C35H35N5O6S2/c41-30(36-27-8-4-5-9-27)21-31-38-39-33(46-31)32(48(43,44)22-23-6-2-1-3-7-23)34-37-28-15-14-26(20-29(28)47-34)24-10-12-25(13-11-24)35(42)40-16-18-45-19-17-40/h1-3,6-7,10-15,20,27,32H,4-5,8-9,16-19,21-22H2,(H,36,41). The van der Waals surface area contributed by atoms with Crippen molar-refractivity contribution in [2.24, 2.45) is 0 Å². The molecular formula is C35H35N5O6S2. The van der Waals surface area contributed by atoms with Gasteiger partial charge < -0.3 is 19.4 Å². The lowest BCUT2D eigenvalue weighted by Crippen LogP contribution is -2.40. The van der Waals surface area contributed by atoms with Crippen LogP contribution in [0.2, 0.25) is 0 Å². The van der Waals surface area contributed by atoms with Crippen molar-refractivity contribution in [2.45, 2.75) is 49.1 Å². The van der Waals surface area contributed by atoms with E-state index in [1.807, 2.05) is 48.5 Å². The van der Waals surface area contributed by atoms with Crippen molar-refractivity contribution in [2.75, 3.05) is 26.3 Å². The third-order valence-electron chi connectivity index (χ3n) is 8.70. The summed E-state index contributed by atoms with van der Waals surface area (Å²) in [6, 6.07) is 22.3. The number of sulfone groups is 1. The Morgan fingerprint density at radius 1 is 0.938 bits per heavy atom. The van der Waals surface area contributed by atoms with E-state index in [2.05, 4.69) is 15.5 Å². The predicted octanol–water partition coefficient (Wildman–Crippen LogP) is 5.12. The van der Waals surface area contributed by atoms with Crippen LogP contribution in [0.3, 0.4) is 0 Å². The summed E-state index contributed by atoms with van der Waals surface area (Å²) in [5.74, 6) is -0.566. The third-order valence-corrected chi connectivity index (χ3v) is 11.8. The summed E-state index contributed by atoms with van der Waals surface area (Å²) >= 11 is 1.25. The molecular weight excluding hydrogens is 651 g/mol. The van der Waals surface area contributed by atoms with E-state index < -0.39 is 15.1 Å². The van der Waals surface area contributed by atoms with Crippen LogP contribution in [0.5, 0.6) is 0 Å². The first-order chi connectivity index (χ1) is 23.3. The Labute approximate surface area is 282 Å². The van der Waals surface area contributed by atoms with Crippen LogP contribution in [0.1, 0.15) is 63.6 Å². The van der Waals surface area contributed by atoms with Crippen molar-refractivity contribution in [1.29, 1.82) is 0 Å². The molecule has 1 saturated heterocycles. The maximum absolute atomic E-state index is 14.1. The maximum Gasteiger partial charge on any atom is 0.254 e. The summed E-state index contributed by atoms with van der Waals surface area (Å²) in [6.45, 7) is 2.24. The van der Waals surface area contributed by atoms with Gasteiger partial charge >= 0.3 is 0 Å². The van der Waals surface area contributed by atoms with Crippen LogP contribution in [0.15, 0.2) is 77.2 Å². The van der Waals surface area contributed by atoms with Gasteiger partial charge in [-0.25, -0.2) is 13.4 Å². The molecule has 1 aliphatic heterocycles. The fraction of sp³-hybridized carbons (Fsp3) is 0.343. The molecule has 1 unspecified atom stereocenters. The second kappa shape index (κ2) is 14.0. The topological polar surface area (TPSA) is 145 Å². The summed E-state index contributed by atoms with van der Waals surface area (Å²) in [4.78, 5) is 32.1. The first kappa shape index (κ1) is 32.1. The lowest BCUT2D eigenvalue weighted by molar-refractivity contribution is -0.121. The normalized spacial score (nSPS) is 16.3. The number of thiazole rings is 1. The van der Waals surface area contributed by atoms with Gasteiger partial charge in [0.05, 0.1) is 29.2 Å². The Morgan fingerprint density at radius 3 is 2.42 bits per heavy atom. The monoisotopic (exact) mass is 685 g/mol. The van der Waals surface area contributed by atoms with E-state index in [-0.39, 0.29) is 41.8 Å². The number of amides is 2. The largest absolute Gasteiger partial charge is 0.423 e. The van der Waals surface area contributed by atoms with E-state index in [1.54, 1.807) is 29.2 Å². The number of rotatable bonds is 10. The van der Waals surface area contributed by atoms with Crippen molar-refractivity contribution >= 4 is 43.2 Å². The Hall–Kier alpha value is -4.46. The maximum atomic E-state index is 14.1. The molecule has 0 bridgehead atoms. The number of hydrogen-bond acceptors (Lipinski definition) is 10. The molecule has 2 aliphatic rings. The lowest BCUT2D eigenvalue weighted by atomic mass is 10.0. The number of ether oxygens (including phenoxy) is 1. The van der Waals surface area contributed by atoms with E-state index in [0.717, 1.165) is 41.5 Å². The Kier molecular flexibility index (Phi) is 9.33. The number of hydrogen-bond donors (Lipinski definition) is 1. The van der Waals surface area contributed by atoms with E-state index in [1.165, 1.54) is 11.3 Å². The molecule has 1 aliphatic carbocycles. The number of nitrogens with zero attached hydrogens (tertiary/aromatic N) is 4. The zero-order valence-corrected chi connectivity index (χ0v) is 27.8. The highest BCUT2D eigenvalue weighted by Crippen LogP contribution is 2.38. The van der Waals surface area contributed by atoms with Crippen LogP contribution in [-0.4, -0.2) is 72.7 Å². The second-order valence-corrected chi connectivity index (χ2v) is 15.3. The van der Waals surface area contributed by atoms with Gasteiger partial charge in [0.25, 0.3) is 5.91 Å². The molecule has 0 spiro atoms. The van der Waals surface area contributed by atoms with E-state index in [0.29, 0.717) is 48.0 Å². The molecule has 48 heavy (non-hydrogen) atoms. The van der Waals surface area contributed by atoms with Crippen molar-refractivity contribution in [1.82, 2.24) is 25.4 Å².